The molecular weight excluding hydrogens is 238 g/mol. The summed E-state index contributed by atoms with van der Waals surface area (Å²) in [6.07, 6.45) is 7.11. The summed E-state index contributed by atoms with van der Waals surface area (Å²) < 4.78 is 0.888. The molecule has 0 bridgehead atoms. The second-order valence-corrected chi connectivity index (χ2v) is 6.34. The summed E-state index contributed by atoms with van der Waals surface area (Å²) in [6.45, 7) is 3.35. The van der Waals surface area contributed by atoms with Gasteiger partial charge in [-0.2, -0.15) is 0 Å². The lowest BCUT2D eigenvalue weighted by Crippen LogP contribution is -2.21. The Bertz CT molecular complexity index is 317. The molecule has 2 rings (SSSR count). The fraction of sp³-hybridized carbons (Fsp3) is 0.692. The number of nitrogens with one attached hydrogen (secondary N) is 1. The van der Waals surface area contributed by atoms with E-state index in [1.807, 2.05) is 0 Å². The Labute approximate surface area is 107 Å². The second-order valence-electron chi connectivity index (χ2n) is 4.80. The number of hydrogen-bond donors (Lipinski definition) is 1. The molecule has 1 unspecified atom stereocenters. The molecular formula is C13H20ClNS. The third-order valence-corrected chi connectivity index (χ3v) is 4.68. The molecule has 1 atom stereocenters. The van der Waals surface area contributed by atoms with Crippen molar-refractivity contribution in [3.63, 3.8) is 0 Å². The minimum absolute atomic E-state index is 0.435. The molecule has 0 amide bonds. The Balaban J connectivity index is 1.69. The average Bonchev–Trinajstić information content (AvgIpc) is 2.89. The molecule has 90 valence electrons. The Morgan fingerprint density at radius 3 is 2.88 bits per heavy atom. The van der Waals surface area contributed by atoms with Crippen LogP contribution in [0.15, 0.2) is 11.4 Å². The summed E-state index contributed by atoms with van der Waals surface area (Å²) in [6, 6.07) is 2.50. The van der Waals surface area contributed by atoms with Crippen molar-refractivity contribution in [3.8, 4) is 0 Å². The minimum atomic E-state index is 0.435. The molecule has 1 fully saturated rings. The van der Waals surface area contributed by atoms with Gasteiger partial charge in [0.25, 0.3) is 0 Å². The Kier molecular flexibility index (Phi) is 4.68. The lowest BCUT2D eigenvalue weighted by Gasteiger charge is -2.14. The van der Waals surface area contributed by atoms with Crippen LogP contribution in [-0.2, 0) is 0 Å². The minimum Gasteiger partial charge on any atom is -0.310 e. The molecule has 0 aliphatic heterocycles. The van der Waals surface area contributed by atoms with Crippen molar-refractivity contribution in [1.29, 1.82) is 0 Å². The van der Waals surface area contributed by atoms with Crippen LogP contribution in [0, 0.1) is 5.92 Å². The molecule has 0 saturated heterocycles. The molecule has 1 saturated carbocycles. The highest BCUT2D eigenvalue weighted by atomic mass is 35.5. The fourth-order valence-corrected chi connectivity index (χ4v) is 3.46. The standard InChI is InChI=1S/C13H20ClNS/c1-10(12-8-13(14)16-9-12)15-7-6-11-4-2-3-5-11/h8-11,15H,2-7H2,1H3. The zero-order valence-corrected chi connectivity index (χ0v) is 11.4. The first-order valence-electron chi connectivity index (χ1n) is 6.23. The molecule has 0 radical (unpaired) electrons. The van der Waals surface area contributed by atoms with Gasteiger partial charge in [0.1, 0.15) is 0 Å². The first-order valence-corrected chi connectivity index (χ1v) is 7.49. The summed E-state index contributed by atoms with van der Waals surface area (Å²) in [5.74, 6) is 0.978. The zero-order valence-electron chi connectivity index (χ0n) is 9.84. The topological polar surface area (TPSA) is 12.0 Å². The average molecular weight is 258 g/mol. The third-order valence-electron chi connectivity index (χ3n) is 3.57. The normalized spacial score (nSPS) is 19.1. The van der Waals surface area contributed by atoms with Crippen molar-refractivity contribution in [2.24, 2.45) is 5.92 Å². The molecule has 1 aliphatic rings. The van der Waals surface area contributed by atoms with E-state index in [9.17, 15) is 0 Å². The predicted molar refractivity (Wildman–Crippen MR) is 72.3 cm³/mol. The van der Waals surface area contributed by atoms with Crippen LogP contribution >= 0.6 is 22.9 Å². The van der Waals surface area contributed by atoms with Crippen molar-refractivity contribution in [2.45, 2.75) is 45.1 Å². The summed E-state index contributed by atoms with van der Waals surface area (Å²) in [5, 5.41) is 5.74. The maximum atomic E-state index is 5.93. The maximum Gasteiger partial charge on any atom is 0.0931 e. The first kappa shape index (κ1) is 12.4. The van der Waals surface area contributed by atoms with Crippen LogP contribution in [0.3, 0.4) is 0 Å². The van der Waals surface area contributed by atoms with E-state index in [2.05, 4.69) is 23.7 Å². The Morgan fingerprint density at radius 2 is 2.25 bits per heavy atom. The number of halogens is 1. The number of thiophene rings is 1. The van der Waals surface area contributed by atoms with E-state index < -0.39 is 0 Å². The van der Waals surface area contributed by atoms with Gasteiger partial charge >= 0.3 is 0 Å². The largest absolute Gasteiger partial charge is 0.310 e. The van der Waals surface area contributed by atoms with Crippen molar-refractivity contribution in [1.82, 2.24) is 5.32 Å². The highest BCUT2D eigenvalue weighted by Crippen LogP contribution is 2.28. The molecule has 0 aromatic carbocycles. The van der Waals surface area contributed by atoms with Gasteiger partial charge in [0, 0.05) is 6.04 Å². The molecule has 1 nitrogen and oxygen atoms in total. The Morgan fingerprint density at radius 1 is 1.50 bits per heavy atom. The van der Waals surface area contributed by atoms with Crippen molar-refractivity contribution in [2.75, 3.05) is 6.54 Å². The zero-order chi connectivity index (χ0) is 11.4. The second kappa shape index (κ2) is 6.04. The van der Waals surface area contributed by atoms with Crippen LogP contribution in [0.2, 0.25) is 4.34 Å². The van der Waals surface area contributed by atoms with E-state index in [1.54, 1.807) is 11.3 Å². The summed E-state index contributed by atoms with van der Waals surface area (Å²) in [4.78, 5) is 0. The summed E-state index contributed by atoms with van der Waals surface area (Å²) in [7, 11) is 0. The van der Waals surface area contributed by atoms with Crippen molar-refractivity contribution in [3.05, 3.63) is 21.3 Å². The van der Waals surface area contributed by atoms with Crippen LogP contribution < -0.4 is 5.32 Å². The molecule has 1 heterocycles. The van der Waals surface area contributed by atoms with Gasteiger partial charge in [0.2, 0.25) is 0 Å². The van der Waals surface area contributed by atoms with Gasteiger partial charge in [-0.3, -0.25) is 0 Å². The lowest BCUT2D eigenvalue weighted by atomic mass is 10.0. The number of rotatable bonds is 5. The smallest absolute Gasteiger partial charge is 0.0931 e. The molecule has 3 heteroatoms. The van der Waals surface area contributed by atoms with E-state index in [0.29, 0.717) is 6.04 Å². The quantitative estimate of drug-likeness (QED) is 0.811. The van der Waals surface area contributed by atoms with Gasteiger partial charge in [-0.15, -0.1) is 11.3 Å². The van der Waals surface area contributed by atoms with Crippen LogP contribution in [0.5, 0.6) is 0 Å². The van der Waals surface area contributed by atoms with Crippen molar-refractivity contribution < 1.29 is 0 Å². The van der Waals surface area contributed by atoms with E-state index in [-0.39, 0.29) is 0 Å². The van der Waals surface area contributed by atoms with Crippen LogP contribution in [0.25, 0.3) is 0 Å². The van der Waals surface area contributed by atoms with E-state index >= 15 is 0 Å². The highest BCUT2D eigenvalue weighted by molar-refractivity contribution is 7.14. The molecule has 1 aromatic rings. The first-order chi connectivity index (χ1) is 7.75. The van der Waals surface area contributed by atoms with E-state index in [4.69, 9.17) is 11.6 Å². The van der Waals surface area contributed by atoms with Crippen molar-refractivity contribution >= 4 is 22.9 Å². The Hall–Kier alpha value is -0.0500. The number of hydrogen-bond acceptors (Lipinski definition) is 2. The van der Waals surface area contributed by atoms with E-state index in [1.165, 1.54) is 37.7 Å². The molecule has 16 heavy (non-hydrogen) atoms. The molecule has 1 aromatic heterocycles. The van der Waals surface area contributed by atoms with Gasteiger partial charge in [-0.25, -0.2) is 0 Å². The van der Waals surface area contributed by atoms with Gasteiger partial charge in [0.05, 0.1) is 4.34 Å². The predicted octanol–water partition coefficient (Wildman–Crippen LogP) is 4.63. The summed E-state index contributed by atoms with van der Waals surface area (Å²) in [5.41, 5.74) is 1.32. The van der Waals surface area contributed by atoms with Gasteiger partial charge in [-0.05, 0) is 42.8 Å². The third kappa shape index (κ3) is 3.47. The van der Waals surface area contributed by atoms with E-state index in [0.717, 1.165) is 16.8 Å². The lowest BCUT2D eigenvalue weighted by molar-refractivity contribution is 0.455. The maximum absolute atomic E-state index is 5.93. The van der Waals surface area contributed by atoms with Crippen LogP contribution in [-0.4, -0.2) is 6.54 Å². The SMILES string of the molecule is CC(NCCC1CCCC1)c1csc(Cl)c1. The van der Waals surface area contributed by atoms with Crippen LogP contribution in [0.4, 0.5) is 0 Å². The molecule has 1 aliphatic carbocycles. The van der Waals surface area contributed by atoms with Gasteiger partial charge in [-0.1, -0.05) is 37.3 Å². The van der Waals surface area contributed by atoms with Gasteiger partial charge < -0.3 is 5.32 Å². The highest BCUT2D eigenvalue weighted by Gasteiger charge is 2.15. The summed E-state index contributed by atoms with van der Waals surface area (Å²) >= 11 is 7.55. The monoisotopic (exact) mass is 257 g/mol. The molecule has 0 spiro atoms. The van der Waals surface area contributed by atoms with Crippen LogP contribution in [0.1, 0.15) is 50.6 Å². The van der Waals surface area contributed by atoms with Gasteiger partial charge in [0.15, 0.2) is 0 Å². The fourth-order valence-electron chi connectivity index (χ4n) is 2.47. The molecule has 1 N–H and O–H groups in total.